The lowest BCUT2D eigenvalue weighted by Crippen LogP contribution is -2.66. The highest BCUT2D eigenvalue weighted by molar-refractivity contribution is 5.76. The zero-order valence-electron chi connectivity index (χ0n) is 49.0. The molecular weight excluding hydrogens is 1050 g/mol. The van der Waals surface area contributed by atoms with Gasteiger partial charge in [-0.1, -0.05) is 171 Å². The predicted molar refractivity (Wildman–Crippen MR) is 309 cm³/mol. The fourth-order valence-electron chi connectivity index (χ4n) is 10.1. The smallest absolute Gasteiger partial charge is 0.220 e. The largest absolute Gasteiger partial charge is 0.394 e. The number of hydrogen-bond donors (Lipinski definition) is 12. The SMILES string of the molecule is CCCCC/C=C\C/C=C\CCCCCCCCCC(=O)NC(COC1OC(CO)C(OC2OC(CO)C(OC3OC(CO)C(O)C(O)C3O)C(O)C2O)C(O)C1O)C(O)/C=C/CC/C=C/CC/C=C/CCCCCCCCCCC. The number of aliphatic hydroxyl groups excluding tert-OH is 11. The minimum atomic E-state index is -1.98. The first kappa shape index (κ1) is 72.7. The summed E-state index contributed by atoms with van der Waals surface area (Å²) in [5, 5.41) is 120. The molecule has 470 valence electrons. The molecule has 19 nitrogen and oxygen atoms in total. The first-order chi connectivity index (χ1) is 39.3. The third-order valence-electron chi connectivity index (χ3n) is 15.3. The van der Waals surface area contributed by atoms with Gasteiger partial charge >= 0.3 is 0 Å². The molecule has 0 aliphatic carbocycles. The highest BCUT2D eigenvalue weighted by Crippen LogP contribution is 2.33. The van der Waals surface area contributed by atoms with Crippen molar-refractivity contribution in [3.8, 4) is 0 Å². The van der Waals surface area contributed by atoms with Crippen molar-refractivity contribution in [3.63, 3.8) is 0 Å². The maximum atomic E-state index is 13.3. The minimum Gasteiger partial charge on any atom is -0.394 e. The summed E-state index contributed by atoms with van der Waals surface area (Å²) >= 11 is 0. The predicted octanol–water partition coefficient (Wildman–Crippen LogP) is 6.04. The third kappa shape index (κ3) is 28.5. The summed E-state index contributed by atoms with van der Waals surface area (Å²) in [6.07, 6.45) is 24.8. The van der Waals surface area contributed by atoms with E-state index in [1.165, 1.54) is 77.0 Å². The molecule has 0 bridgehead atoms. The number of unbranched alkanes of at least 4 members (excludes halogenated alkanes) is 21. The van der Waals surface area contributed by atoms with Gasteiger partial charge in [0.25, 0.3) is 0 Å². The third-order valence-corrected chi connectivity index (χ3v) is 15.3. The van der Waals surface area contributed by atoms with Crippen molar-refractivity contribution in [3.05, 3.63) is 60.8 Å². The monoisotopic (exact) mass is 1160 g/mol. The fourth-order valence-corrected chi connectivity index (χ4v) is 10.1. The van der Waals surface area contributed by atoms with Crippen LogP contribution in [0.25, 0.3) is 0 Å². The number of allylic oxidation sites excluding steroid dienone is 9. The fraction of sp³-hybridized carbons (Fsp3) is 0.823. The van der Waals surface area contributed by atoms with Gasteiger partial charge in [0.2, 0.25) is 5.91 Å². The highest BCUT2D eigenvalue weighted by atomic mass is 16.8. The van der Waals surface area contributed by atoms with Crippen molar-refractivity contribution in [1.82, 2.24) is 5.32 Å². The topological polar surface area (TPSA) is 307 Å². The van der Waals surface area contributed by atoms with E-state index in [9.17, 15) is 61.0 Å². The maximum Gasteiger partial charge on any atom is 0.220 e. The average molecular weight is 1160 g/mol. The Balaban J connectivity index is 1.52. The molecule has 3 fully saturated rings. The van der Waals surface area contributed by atoms with E-state index in [1.807, 2.05) is 6.08 Å². The summed E-state index contributed by atoms with van der Waals surface area (Å²) in [7, 11) is 0. The maximum absolute atomic E-state index is 13.3. The van der Waals surface area contributed by atoms with Crippen LogP contribution in [-0.2, 0) is 33.2 Å². The standard InChI is InChI=1S/C62H109NO18/c1-3-5-7-9-11-13-15-17-19-21-22-24-25-27-29-31-33-35-37-39-46(67)45(63-50(68)40-38-36-34-32-30-28-26-23-20-18-16-14-12-10-8-6-4-2)44-76-60-56(74)53(71)58(48(42-65)78-60)81-62-57(75)54(72)59(49(43-66)79-62)80-61-55(73)52(70)51(69)47(41-64)77-61/h12,14,18,20,22,24,29,31,37,39,45-49,51-62,64-67,69-75H,3-11,13,15-17,19,21,23,25-28,30,32-36,38,40-44H2,1-2H3,(H,63,68)/b14-12-,20-18-,24-22+,31-29+,39-37+. The molecular formula is C62H109NO18. The van der Waals surface area contributed by atoms with E-state index in [0.29, 0.717) is 12.8 Å². The van der Waals surface area contributed by atoms with Crippen molar-refractivity contribution in [1.29, 1.82) is 0 Å². The average Bonchev–Trinajstić information content (AvgIpc) is 3.47. The normalized spacial score (nSPS) is 30.2. The molecule has 1 amide bonds. The van der Waals surface area contributed by atoms with Crippen LogP contribution in [0.15, 0.2) is 60.8 Å². The Morgan fingerprint density at radius 1 is 0.444 bits per heavy atom. The van der Waals surface area contributed by atoms with Crippen LogP contribution < -0.4 is 5.32 Å². The van der Waals surface area contributed by atoms with E-state index in [1.54, 1.807) is 6.08 Å². The Hall–Kier alpha value is -2.51. The summed E-state index contributed by atoms with van der Waals surface area (Å²) in [5.74, 6) is -0.300. The molecule has 0 radical (unpaired) electrons. The number of carbonyl (C=O) groups is 1. The first-order valence-electron chi connectivity index (χ1n) is 31.0. The van der Waals surface area contributed by atoms with E-state index in [0.717, 1.165) is 83.5 Å². The number of rotatable bonds is 45. The van der Waals surface area contributed by atoms with Crippen LogP contribution in [0.5, 0.6) is 0 Å². The lowest BCUT2D eigenvalue weighted by molar-refractivity contribution is -0.379. The lowest BCUT2D eigenvalue weighted by atomic mass is 9.96. The van der Waals surface area contributed by atoms with Gasteiger partial charge in [0.15, 0.2) is 18.9 Å². The molecule has 3 saturated heterocycles. The number of carbonyl (C=O) groups excluding carboxylic acids is 1. The molecule has 0 spiro atoms. The molecule has 12 N–H and O–H groups in total. The highest BCUT2D eigenvalue weighted by Gasteiger charge is 2.53. The number of aliphatic hydroxyl groups is 11. The lowest BCUT2D eigenvalue weighted by Gasteiger charge is -2.48. The molecule has 0 aromatic rings. The van der Waals surface area contributed by atoms with Crippen LogP contribution >= 0.6 is 0 Å². The Morgan fingerprint density at radius 2 is 0.827 bits per heavy atom. The van der Waals surface area contributed by atoms with Crippen LogP contribution in [0.1, 0.15) is 194 Å². The number of ether oxygens (including phenoxy) is 6. The summed E-state index contributed by atoms with van der Waals surface area (Å²) in [4.78, 5) is 13.3. The Morgan fingerprint density at radius 3 is 1.33 bits per heavy atom. The van der Waals surface area contributed by atoms with Crippen molar-refractivity contribution in [2.45, 2.75) is 298 Å². The van der Waals surface area contributed by atoms with Gasteiger partial charge in [-0.05, 0) is 77.0 Å². The molecule has 3 rings (SSSR count). The molecule has 19 heteroatoms. The van der Waals surface area contributed by atoms with Gasteiger partial charge in [0, 0.05) is 6.42 Å². The van der Waals surface area contributed by atoms with Crippen molar-refractivity contribution >= 4 is 5.91 Å². The quantitative estimate of drug-likeness (QED) is 0.0244. The molecule has 81 heavy (non-hydrogen) atoms. The van der Waals surface area contributed by atoms with Gasteiger partial charge in [-0.2, -0.15) is 0 Å². The van der Waals surface area contributed by atoms with E-state index in [-0.39, 0.29) is 18.9 Å². The Kier molecular flexibility index (Phi) is 40.3. The molecule has 0 aromatic heterocycles. The number of nitrogens with one attached hydrogen (secondary N) is 1. The molecule has 0 saturated carbocycles. The Bertz CT molecular complexity index is 1710. The van der Waals surface area contributed by atoms with Gasteiger partial charge in [-0.15, -0.1) is 0 Å². The van der Waals surface area contributed by atoms with Crippen molar-refractivity contribution < 1.29 is 89.4 Å². The second-order valence-electron chi connectivity index (χ2n) is 22.1. The molecule has 17 unspecified atom stereocenters. The zero-order chi connectivity index (χ0) is 59.0. The molecule has 3 aliphatic heterocycles. The van der Waals surface area contributed by atoms with Gasteiger partial charge in [-0.25, -0.2) is 0 Å². The van der Waals surface area contributed by atoms with Crippen LogP contribution in [0.3, 0.4) is 0 Å². The Labute approximate surface area is 484 Å². The number of hydrogen-bond acceptors (Lipinski definition) is 18. The van der Waals surface area contributed by atoms with Gasteiger partial charge in [-0.3, -0.25) is 4.79 Å². The molecule has 3 heterocycles. The van der Waals surface area contributed by atoms with E-state index < -0.39 is 124 Å². The zero-order valence-corrected chi connectivity index (χ0v) is 49.0. The van der Waals surface area contributed by atoms with Gasteiger partial charge < -0.3 is 89.9 Å². The second kappa shape index (κ2) is 44.9. The van der Waals surface area contributed by atoms with Crippen molar-refractivity contribution in [2.24, 2.45) is 0 Å². The van der Waals surface area contributed by atoms with Crippen LogP contribution in [-0.4, -0.2) is 193 Å². The number of amides is 1. The van der Waals surface area contributed by atoms with Crippen molar-refractivity contribution in [2.75, 3.05) is 26.4 Å². The van der Waals surface area contributed by atoms with E-state index in [4.69, 9.17) is 28.4 Å². The summed E-state index contributed by atoms with van der Waals surface area (Å²) in [5.41, 5.74) is 0. The first-order valence-corrected chi connectivity index (χ1v) is 31.0. The second-order valence-corrected chi connectivity index (χ2v) is 22.1. The van der Waals surface area contributed by atoms with E-state index in [2.05, 4.69) is 67.8 Å². The molecule has 17 atom stereocenters. The van der Waals surface area contributed by atoms with Gasteiger partial charge in [0.05, 0.1) is 38.6 Å². The van der Waals surface area contributed by atoms with Crippen LogP contribution in [0, 0.1) is 0 Å². The minimum absolute atomic E-state index is 0.221. The van der Waals surface area contributed by atoms with Gasteiger partial charge in [0.1, 0.15) is 73.2 Å². The summed E-state index contributed by atoms with van der Waals surface area (Å²) < 4.78 is 34.2. The van der Waals surface area contributed by atoms with Crippen LogP contribution in [0.2, 0.25) is 0 Å². The molecule has 0 aromatic carbocycles. The molecule has 3 aliphatic rings. The summed E-state index contributed by atoms with van der Waals surface area (Å²) in [6, 6.07) is -1.00. The summed E-state index contributed by atoms with van der Waals surface area (Å²) in [6.45, 7) is 1.65. The van der Waals surface area contributed by atoms with Crippen LogP contribution in [0.4, 0.5) is 0 Å². The van der Waals surface area contributed by atoms with E-state index >= 15 is 0 Å².